The maximum absolute atomic E-state index is 5.71. The van der Waals surface area contributed by atoms with Crippen molar-refractivity contribution in [3.63, 3.8) is 0 Å². The van der Waals surface area contributed by atoms with E-state index in [0.29, 0.717) is 11.5 Å². The molecule has 19 heavy (non-hydrogen) atoms. The second-order valence-corrected chi connectivity index (χ2v) is 6.25. The molecule has 4 atom stereocenters. The van der Waals surface area contributed by atoms with E-state index in [-0.39, 0.29) is 0 Å². The lowest BCUT2D eigenvalue weighted by Gasteiger charge is -2.40. The van der Waals surface area contributed by atoms with E-state index in [4.69, 9.17) is 4.74 Å². The summed E-state index contributed by atoms with van der Waals surface area (Å²) < 4.78 is 5.71. The molecule has 1 aromatic rings. The largest absolute Gasteiger partial charge is 0.498 e. The van der Waals surface area contributed by atoms with Gasteiger partial charge < -0.3 is 4.74 Å². The van der Waals surface area contributed by atoms with Crippen LogP contribution in [0.1, 0.15) is 44.6 Å². The van der Waals surface area contributed by atoms with E-state index < -0.39 is 0 Å². The van der Waals surface area contributed by atoms with Gasteiger partial charge in [-0.1, -0.05) is 50.3 Å². The Morgan fingerprint density at radius 1 is 1.32 bits per heavy atom. The first-order chi connectivity index (χ1) is 9.30. The lowest BCUT2D eigenvalue weighted by Crippen LogP contribution is -2.37. The smallest absolute Gasteiger partial charge is 0.101 e. The van der Waals surface area contributed by atoms with Crippen LogP contribution in [0.2, 0.25) is 0 Å². The molecule has 0 aromatic heterocycles. The van der Waals surface area contributed by atoms with Crippen molar-refractivity contribution in [3.8, 4) is 0 Å². The zero-order chi connectivity index (χ0) is 13.3. The standard InChI is InChI=1S/C18H24O/c1-3-10-18(15-8-6-5-7-9-15)13-14-11-16(18)12-17(14)19-4-2/h4-9,14,16-17H,2-3,10-13H2,1H3. The minimum absolute atomic E-state index is 0.418. The predicted molar refractivity (Wildman–Crippen MR) is 78.9 cm³/mol. The molecule has 4 unspecified atom stereocenters. The highest BCUT2D eigenvalue weighted by Gasteiger charge is 2.55. The molecule has 0 saturated heterocycles. The average Bonchev–Trinajstić information content (AvgIpc) is 2.99. The normalized spacial score (nSPS) is 36.4. The second kappa shape index (κ2) is 5.03. The number of ether oxygens (including phenoxy) is 1. The third-order valence-electron chi connectivity index (χ3n) is 5.35. The molecule has 2 fully saturated rings. The Kier molecular flexibility index (Phi) is 3.38. The van der Waals surface area contributed by atoms with Gasteiger partial charge in [-0.15, -0.1) is 0 Å². The first-order valence-corrected chi connectivity index (χ1v) is 7.62. The first-order valence-electron chi connectivity index (χ1n) is 7.62. The van der Waals surface area contributed by atoms with Gasteiger partial charge in [-0.3, -0.25) is 0 Å². The van der Waals surface area contributed by atoms with Crippen LogP contribution in [-0.4, -0.2) is 6.10 Å². The van der Waals surface area contributed by atoms with Crippen LogP contribution in [0.15, 0.2) is 43.2 Å². The number of hydrogen-bond acceptors (Lipinski definition) is 1. The number of benzene rings is 1. The van der Waals surface area contributed by atoms with E-state index >= 15 is 0 Å². The van der Waals surface area contributed by atoms with Crippen LogP contribution in [0.3, 0.4) is 0 Å². The maximum Gasteiger partial charge on any atom is 0.101 e. The van der Waals surface area contributed by atoms with Gasteiger partial charge in [-0.25, -0.2) is 0 Å². The van der Waals surface area contributed by atoms with Crippen LogP contribution in [0, 0.1) is 11.8 Å². The van der Waals surface area contributed by atoms with Gasteiger partial charge in [0.1, 0.15) is 6.10 Å². The molecule has 0 aliphatic heterocycles. The SMILES string of the molecule is C=COC1CC2CC1CC2(CCC)c1ccccc1. The molecular formula is C18H24O. The van der Waals surface area contributed by atoms with Crippen LogP contribution < -0.4 is 0 Å². The molecule has 2 aliphatic carbocycles. The highest BCUT2D eigenvalue weighted by molar-refractivity contribution is 5.30. The second-order valence-electron chi connectivity index (χ2n) is 6.25. The molecule has 0 heterocycles. The monoisotopic (exact) mass is 256 g/mol. The van der Waals surface area contributed by atoms with Gasteiger partial charge in [-0.2, -0.15) is 0 Å². The Hall–Kier alpha value is -1.24. The van der Waals surface area contributed by atoms with Gasteiger partial charge >= 0.3 is 0 Å². The maximum atomic E-state index is 5.71. The molecule has 0 N–H and O–H groups in total. The molecule has 0 amide bonds. The zero-order valence-corrected chi connectivity index (χ0v) is 11.8. The highest BCUT2D eigenvalue weighted by Crippen LogP contribution is 2.59. The molecule has 0 radical (unpaired) electrons. The van der Waals surface area contributed by atoms with Crippen molar-refractivity contribution >= 4 is 0 Å². The molecule has 1 nitrogen and oxygen atoms in total. The summed E-state index contributed by atoms with van der Waals surface area (Å²) in [6.07, 6.45) is 8.50. The summed E-state index contributed by atoms with van der Waals surface area (Å²) in [4.78, 5) is 0. The molecule has 1 aromatic carbocycles. The van der Waals surface area contributed by atoms with Gasteiger partial charge in [0.05, 0.1) is 6.26 Å². The van der Waals surface area contributed by atoms with Gasteiger partial charge in [0.2, 0.25) is 0 Å². The van der Waals surface area contributed by atoms with E-state index in [9.17, 15) is 0 Å². The van der Waals surface area contributed by atoms with E-state index in [1.54, 1.807) is 11.8 Å². The fraction of sp³-hybridized carbons (Fsp3) is 0.556. The molecular weight excluding hydrogens is 232 g/mol. The van der Waals surface area contributed by atoms with Crippen LogP contribution in [0.5, 0.6) is 0 Å². The highest BCUT2D eigenvalue weighted by atomic mass is 16.5. The molecule has 2 aliphatic rings. The van der Waals surface area contributed by atoms with Gasteiger partial charge in [0.25, 0.3) is 0 Å². The Morgan fingerprint density at radius 2 is 2.11 bits per heavy atom. The molecule has 3 rings (SSSR count). The Morgan fingerprint density at radius 3 is 2.68 bits per heavy atom. The van der Waals surface area contributed by atoms with Gasteiger partial charge in [-0.05, 0) is 48.5 Å². The van der Waals surface area contributed by atoms with Crippen molar-refractivity contribution in [2.24, 2.45) is 11.8 Å². The molecule has 2 bridgehead atoms. The van der Waals surface area contributed by atoms with Crippen LogP contribution in [-0.2, 0) is 10.2 Å². The van der Waals surface area contributed by atoms with Gasteiger partial charge in [0.15, 0.2) is 0 Å². The summed E-state index contributed by atoms with van der Waals surface area (Å²) in [6, 6.07) is 11.2. The van der Waals surface area contributed by atoms with Crippen LogP contribution in [0.25, 0.3) is 0 Å². The third-order valence-corrected chi connectivity index (χ3v) is 5.35. The fourth-order valence-electron chi connectivity index (χ4n) is 4.70. The van der Waals surface area contributed by atoms with Crippen LogP contribution >= 0.6 is 0 Å². The summed E-state index contributed by atoms with van der Waals surface area (Å²) in [6.45, 7) is 6.03. The van der Waals surface area contributed by atoms with E-state index in [0.717, 1.165) is 11.8 Å². The minimum atomic E-state index is 0.418. The summed E-state index contributed by atoms with van der Waals surface area (Å²) in [5.74, 6) is 1.53. The molecule has 1 heteroatoms. The van der Waals surface area contributed by atoms with E-state index in [1.165, 1.54) is 32.1 Å². The summed E-state index contributed by atoms with van der Waals surface area (Å²) in [7, 11) is 0. The van der Waals surface area contributed by atoms with Gasteiger partial charge in [0, 0.05) is 0 Å². The summed E-state index contributed by atoms with van der Waals surface area (Å²) in [5.41, 5.74) is 1.98. The topological polar surface area (TPSA) is 9.23 Å². The lowest BCUT2D eigenvalue weighted by molar-refractivity contribution is 0.0637. The third kappa shape index (κ3) is 2.00. The van der Waals surface area contributed by atoms with E-state index in [2.05, 4.69) is 43.8 Å². The minimum Gasteiger partial charge on any atom is -0.498 e. The lowest BCUT2D eigenvalue weighted by atomic mass is 9.65. The first kappa shape index (κ1) is 12.8. The number of fused-ring (bicyclic) bond motifs is 2. The average molecular weight is 256 g/mol. The van der Waals surface area contributed by atoms with Crippen molar-refractivity contribution in [3.05, 3.63) is 48.7 Å². The van der Waals surface area contributed by atoms with Crippen molar-refractivity contribution in [2.75, 3.05) is 0 Å². The number of hydrogen-bond donors (Lipinski definition) is 0. The predicted octanol–water partition coefficient (Wildman–Crippen LogP) is 4.68. The molecule has 102 valence electrons. The molecule has 2 saturated carbocycles. The Balaban J connectivity index is 1.88. The van der Waals surface area contributed by atoms with Crippen molar-refractivity contribution < 1.29 is 4.74 Å². The van der Waals surface area contributed by atoms with Crippen molar-refractivity contribution in [1.82, 2.24) is 0 Å². The quantitative estimate of drug-likeness (QED) is 0.695. The Labute approximate surface area is 116 Å². The number of rotatable bonds is 5. The van der Waals surface area contributed by atoms with Crippen LogP contribution in [0.4, 0.5) is 0 Å². The fourth-order valence-corrected chi connectivity index (χ4v) is 4.70. The Bertz CT molecular complexity index is 438. The zero-order valence-electron chi connectivity index (χ0n) is 11.8. The van der Waals surface area contributed by atoms with E-state index in [1.807, 2.05) is 0 Å². The van der Waals surface area contributed by atoms with Crippen molar-refractivity contribution in [1.29, 1.82) is 0 Å². The summed E-state index contributed by atoms with van der Waals surface area (Å²) >= 11 is 0. The molecule has 0 spiro atoms. The van der Waals surface area contributed by atoms with Crippen molar-refractivity contribution in [2.45, 2.75) is 50.5 Å². The summed E-state index contributed by atoms with van der Waals surface area (Å²) in [5, 5.41) is 0.